The Morgan fingerprint density at radius 3 is 2.24 bits per heavy atom. The monoisotopic (exact) mass is 342 g/mol. The van der Waals surface area contributed by atoms with Crippen LogP contribution >= 0.6 is 34.8 Å². The van der Waals surface area contributed by atoms with Crippen LogP contribution in [0.3, 0.4) is 0 Å². The van der Waals surface area contributed by atoms with Crippen molar-refractivity contribution in [2.45, 2.75) is 0 Å². The number of halogens is 3. The molecule has 0 heterocycles. The van der Waals surface area contributed by atoms with Gasteiger partial charge >= 0.3 is 5.97 Å². The molecule has 0 radical (unpaired) electrons. The molecule has 0 aliphatic carbocycles. The minimum absolute atomic E-state index is 0.0373. The van der Waals surface area contributed by atoms with Crippen molar-refractivity contribution in [1.29, 1.82) is 0 Å². The van der Waals surface area contributed by atoms with E-state index < -0.39 is 5.97 Å². The van der Waals surface area contributed by atoms with Crippen molar-refractivity contribution in [1.82, 2.24) is 0 Å². The zero-order chi connectivity index (χ0) is 15.6. The summed E-state index contributed by atoms with van der Waals surface area (Å²) >= 11 is 17.5. The van der Waals surface area contributed by atoms with E-state index in [1.165, 1.54) is 30.3 Å². The third-order valence-corrected chi connectivity index (χ3v) is 3.79. The first-order chi connectivity index (χ1) is 9.88. The van der Waals surface area contributed by atoms with E-state index in [2.05, 4.69) is 0 Å². The third-order valence-electron chi connectivity index (χ3n) is 2.74. The van der Waals surface area contributed by atoms with Gasteiger partial charge in [-0.25, -0.2) is 4.79 Å². The first kappa shape index (κ1) is 15.7. The Bertz CT molecular complexity index is 739. The van der Waals surface area contributed by atoms with Gasteiger partial charge < -0.3 is 10.2 Å². The van der Waals surface area contributed by atoms with Crippen LogP contribution < -0.4 is 0 Å². The highest BCUT2D eigenvalue weighted by molar-refractivity contribution is 6.42. The zero-order valence-electron chi connectivity index (χ0n) is 10.5. The Hall–Kier alpha value is -1.68. The maximum Gasteiger partial charge on any atom is 0.336 e. The molecule has 0 spiro atoms. The van der Waals surface area contributed by atoms with Crippen molar-refractivity contribution >= 4 is 52.4 Å². The van der Waals surface area contributed by atoms with Gasteiger partial charge in [-0.15, -0.1) is 0 Å². The SMILES string of the molecule is O=C(O)/C(=C\c1ccc(O)c(Cl)c1)c1ccc(Cl)c(Cl)c1. The topological polar surface area (TPSA) is 57.5 Å². The van der Waals surface area contributed by atoms with Gasteiger partial charge in [0, 0.05) is 0 Å². The number of benzene rings is 2. The van der Waals surface area contributed by atoms with Crippen molar-refractivity contribution in [2.75, 3.05) is 0 Å². The van der Waals surface area contributed by atoms with Crippen LogP contribution in [0.25, 0.3) is 11.6 Å². The van der Waals surface area contributed by atoms with Gasteiger partial charge in [-0.3, -0.25) is 0 Å². The normalized spacial score (nSPS) is 11.5. The highest BCUT2D eigenvalue weighted by Crippen LogP contribution is 2.29. The lowest BCUT2D eigenvalue weighted by atomic mass is 10.0. The minimum Gasteiger partial charge on any atom is -0.506 e. The number of carboxylic acid groups (broad SMARTS) is 1. The molecule has 0 saturated carbocycles. The van der Waals surface area contributed by atoms with E-state index in [0.717, 1.165) is 0 Å². The first-order valence-corrected chi connectivity index (χ1v) is 6.91. The van der Waals surface area contributed by atoms with E-state index in [9.17, 15) is 15.0 Å². The minimum atomic E-state index is -1.11. The van der Waals surface area contributed by atoms with E-state index >= 15 is 0 Å². The molecule has 0 amide bonds. The van der Waals surface area contributed by atoms with Crippen molar-refractivity contribution in [3.8, 4) is 5.75 Å². The van der Waals surface area contributed by atoms with Crippen molar-refractivity contribution < 1.29 is 15.0 Å². The molecule has 0 aromatic heterocycles. The Labute approximate surface area is 136 Å². The summed E-state index contributed by atoms with van der Waals surface area (Å²) in [7, 11) is 0. The molecule has 0 aliphatic heterocycles. The number of phenolic OH excluding ortho intramolecular Hbond substituents is 1. The highest BCUT2D eigenvalue weighted by atomic mass is 35.5. The van der Waals surface area contributed by atoms with Gasteiger partial charge in [-0.1, -0.05) is 46.9 Å². The molecule has 0 fully saturated rings. The van der Waals surface area contributed by atoms with Gasteiger partial charge in [0.2, 0.25) is 0 Å². The maximum atomic E-state index is 11.4. The highest BCUT2D eigenvalue weighted by Gasteiger charge is 2.12. The number of carboxylic acids is 1. The molecule has 0 bridgehead atoms. The summed E-state index contributed by atoms with van der Waals surface area (Å²) < 4.78 is 0. The Balaban J connectivity index is 2.51. The quantitative estimate of drug-likeness (QED) is 0.610. The first-order valence-electron chi connectivity index (χ1n) is 5.77. The molecule has 0 atom stereocenters. The van der Waals surface area contributed by atoms with Crippen LogP contribution in [0.1, 0.15) is 11.1 Å². The van der Waals surface area contributed by atoms with E-state index in [1.54, 1.807) is 12.1 Å². The fourth-order valence-electron chi connectivity index (χ4n) is 1.71. The summed E-state index contributed by atoms with van der Waals surface area (Å²) in [6.07, 6.45) is 1.44. The van der Waals surface area contributed by atoms with E-state index in [4.69, 9.17) is 34.8 Å². The third kappa shape index (κ3) is 3.70. The summed E-state index contributed by atoms with van der Waals surface area (Å²) in [5.74, 6) is -1.18. The fourth-order valence-corrected chi connectivity index (χ4v) is 2.20. The number of hydrogen-bond donors (Lipinski definition) is 2. The molecular formula is C15H9Cl3O3. The molecular weight excluding hydrogens is 335 g/mol. The molecule has 2 rings (SSSR count). The number of phenols is 1. The molecule has 2 aromatic rings. The van der Waals surface area contributed by atoms with Gasteiger partial charge in [0.1, 0.15) is 5.75 Å². The molecule has 2 N–H and O–H groups in total. The maximum absolute atomic E-state index is 11.4. The molecule has 6 heteroatoms. The lowest BCUT2D eigenvalue weighted by molar-refractivity contribution is -0.130. The lowest BCUT2D eigenvalue weighted by Gasteiger charge is -2.06. The lowest BCUT2D eigenvalue weighted by Crippen LogP contribution is -1.99. The summed E-state index contributed by atoms with van der Waals surface area (Å²) in [5, 5.41) is 19.5. The van der Waals surface area contributed by atoms with Gasteiger partial charge in [0.25, 0.3) is 0 Å². The van der Waals surface area contributed by atoms with Gasteiger partial charge in [0.05, 0.1) is 20.6 Å². The van der Waals surface area contributed by atoms with E-state index in [-0.39, 0.29) is 21.4 Å². The van der Waals surface area contributed by atoms with Gasteiger partial charge in [-0.2, -0.15) is 0 Å². The van der Waals surface area contributed by atoms with E-state index in [1.807, 2.05) is 0 Å². The largest absolute Gasteiger partial charge is 0.506 e. The standard InChI is InChI=1S/C15H9Cl3O3/c16-11-3-2-9(7-12(11)17)10(15(20)21)5-8-1-4-14(19)13(18)6-8/h1-7,19H,(H,20,21)/b10-5-. The molecule has 108 valence electrons. The summed E-state index contributed by atoms with van der Waals surface area (Å²) in [5.41, 5.74) is 0.998. The predicted molar refractivity (Wildman–Crippen MR) is 85.1 cm³/mol. The molecule has 3 nitrogen and oxygen atoms in total. The second kappa shape index (κ2) is 6.39. The van der Waals surface area contributed by atoms with Crippen LogP contribution in [0.5, 0.6) is 5.75 Å². The average Bonchev–Trinajstić information content (AvgIpc) is 2.43. The number of carbonyl (C=O) groups is 1. The number of rotatable bonds is 3. The smallest absolute Gasteiger partial charge is 0.336 e. The summed E-state index contributed by atoms with van der Waals surface area (Å²) in [4.78, 5) is 11.4. The van der Waals surface area contributed by atoms with Crippen LogP contribution in [0.2, 0.25) is 15.1 Å². The van der Waals surface area contributed by atoms with Crippen LogP contribution in [-0.2, 0) is 4.79 Å². The van der Waals surface area contributed by atoms with E-state index in [0.29, 0.717) is 16.1 Å². The van der Waals surface area contributed by atoms with Crippen molar-refractivity contribution in [2.24, 2.45) is 0 Å². The molecule has 0 aliphatic rings. The average molecular weight is 344 g/mol. The van der Waals surface area contributed by atoms with Crippen molar-refractivity contribution in [3.05, 3.63) is 62.6 Å². The number of hydrogen-bond acceptors (Lipinski definition) is 2. The fraction of sp³-hybridized carbons (Fsp3) is 0. The van der Waals surface area contributed by atoms with Gasteiger partial charge in [-0.05, 0) is 41.5 Å². The van der Waals surface area contributed by atoms with Crippen LogP contribution in [0, 0.1) is 0 Å². The number of aromatic hydroxyl groups is 1. The van der Waals surface area contributed by atoms with Crippen LogP contribution in [0.15, 0.2) is 36.4 Å². The predicted octanol–water partition coefficient (Wildman–Crippen LogP) is 4.98. The van der Waals surface area contributed by atoms with Crippen LogP contribution in [0.4, 0.5) is 0 Å². The number of aliphatic carboxylic acids is 1. The molecule has 0 saturated heterocycles. The molecule has 0 unspecified atom stereocenters. The Morgan fingerprint density at radius 2 is 1.67 bits per heavy atom. The second-order valence-corrected chi connectivity index (χ2v) is 5.42. The zero-order valence-corrected chi connectivity index (χ0v) is 12.7. The second-order valence-electron chi connectivity index (χ2n) is 4.20. The van der Waals surface area contributed by atoms with Gasteiger partial charge in [0.15, 0.2) is 0 Å². The summed E-state index contributed by atoms with van der Waals surface area (Å²) in [6.45, 7) is 0. The summed E-state index contributed by atoms with van der Waals surface area (Å²) in [6, 6.07) is 8.99. The Morgan fingerprint density at radius 1 is 0.952 bits per heavy atom. The Kier molecular flexibility index (Phi) is 4.78. The van der Waals surface area contributed by atoms with Crippen molar-refractivity contribution in [3.63, 3.8) is 0 Å². The molecule has 21 heavy (non-hydrogen) atoms. The molecule has 2 aromatic carbocycles. The van der Waals surface area contributed by atoms with Crippen LogP contribution in [-0.4, -0.2) is 16.2 Å².